The van der Waals surface area contributed by atoms with Crippen molar-refractivity contribution in [2.24, 2.45) is 5.92 Å². The molecule has 1 saturated heterocycles. The Kier molecular flexibility index (Phi) is 5.04. The van der Waals surface area contributed by atoms with E-state index in [2.05, 4.69) is 42.3 Å². The van der Waals surface area contributed by atoms with E-state index in [1.165, 1.54) is 12.0 Å². The van der Waals surface area contributed by atoms with Crippen LogP contribution in [0.4, 0.5) is 0 Å². The van der Waals surface area contributed by atoms with Gasteiger partial charge in [0.1, 0.15) is 0 Å². The molecule has 1 aromatic rings. The third-order valence-electron chi connectivity index (χ3n) is 3.52. The molecular weight excluding hydrogens is 244 g/mol. The van der Waals surface area contributed by atoms with Gasteiger partial charge in [-0.15, -0.1) is 0 Å². The van der Waals surface area contributed by atoms with Crippen molar-refractivity contribution in [1.29, 1.82) is 0 Å². The Hall–Kier alpha value is -0.570. The van der Waals surface area contributed by atoms with Gasteiger partial charge in [0.15, 0.2) is 0 Å². The minimum absolute atomic E-state index is 0.505. The van der Waals surface area contributed by atoms with E-state index in [-0.39, 0.29) is 0 Å². The number of hydrogen-bond acceptors (Lipinski definition) is 2. The maximum atomic E-state index is 6.13. The highest BCUT2D eigenvalue weighted by Crippen LogP contribution is 2.29. The van der Waals surface area contributed by atoms with Crippen molar-refractivity contribution >= 4 is 11.6 Å². The van der Waals surface area contributed by atoms with Crippen molar-refractivity contribution in [2.45, 2.75) is 26.3 Å². The Morgan fingerprint density at radius 1 is 1.28 bits per heavy atom. The fraction of sp³-hybridized carbons (Fsp3) is 0.600. The monoisotopic (exact) mass is 266 g/mol. The summed E-state index contributed by atoms with van der Waals surface area (Å²) in [6.45, 7) is 9.03. The molecule has 1 heterocycles. The van der Waals surface area contributed by atoms with Crippen LogP contribution < -0.4 is 5.32 Å². The highest BCUT2D eigenvalue weighted by molar-refractivity contribution is 6.30. The summed E-state index contributed by atoms with van der Waals surface area (Å²) in [4.78, 5) is 2.59. The number of piperazine rings is 1. The van der Waals surface area contributed by atoms with Gasteiger partial charge in [-0.1, -0.05) is 37.6 Å². The van der Waals surface area contributed by atoms with E-state index in [0.29, 0.717) is 12.0 Å². The van der Waals surface area contributed by atoms with Crippen molar-refractivity contribution < 1.29 is 0 Å². The molecule has 1 aromatic carbocycles. The molecular formula is C15H23ClN2. The molecule has 2 rings (SSSR count). The van der Waals surface area contributed by atoms with E-state index in [9.17, 15) is 0 Å². The van der Waals surface area contributed by atoms with Crippen molar-refractivity contribution in [2.75, 3.05) is 26.2 Å². The highest BCUT2D eigenvalue weighted by atomic mass is 35.5. The van der Waals surface area contributed by atoms with Crippen molar-refractivity contribution in [1.82, 2.24) is 10.2 Å². The third kappa shape index (κ3) is 3.71. The highest BCUT2D eigenvalue weighted by Gasteiger charge is 2.22. The maximum Gasteiger partial charge on any atom is 0.0409 e. The molecule has 0 amide bonds. The molecule has 2 nitrogen and oxygen atoms in total. The molecule has 0 aliphatic carbocycles. The second-order valence-corrected chi connectivity index (χ2v) is 5.92. The van der Waals surface area contributed by atoms with Crippen LogP contribution in [0.15, 0.2) is 24.3 Å². The van der Waals surface area contributed by atoms with Crippen LogP contribution in [0.2, 0.25) is 5.02 Å². The molecule has 1 N–H and O–H groups in total. The van der Waals surface area contributed by atoms with Gasteiger partial charge in [-0.3, -0.25) is 4.90 Å². The van der Waals surface area contributed by atoms with E-state index in [4.69, 9.17) is 11.6 Å². The van der Waals surface area contributed by atoms with Crippen molar-refractivity contribution in [3.05, 3.63) is 34.9 Å². The fourth-order valence-electron chi connectivity index (χ4n) is 2.65. The first-order valence-corrected chi connectivity index (χ1v) is 7.25. The van der Waals surface area contributed by atoms with Crippen LogP contribution in [0.25, 0.3) is 0 Å². The third-order valence-corrected chi connectivity index (χ3v) is 3.76. The smallest absolute Gasteiger partial charge is 0.0409 e. The Labute approximate surface area is 115 Å². The van der Waals surface area contributed by atoms with Gasteiger partial charge in [-0.05, 0) is 30.0 Å². The average molecular weight is 267 g/mol. The first-order chi connectivity index (χ1) is 8.66. The summed E-state index contributed by atoms with van der Waals surface area (Å²) in [5.74, 6) is 0.698. The zero-order chi connectivity index (χ0) is 13.0. The number of nitrogens with one attached hydrogen (secondary N) is 1. The summed E-state index contributed by atoms with van der Waals surface area (Å²) < 4.78 is 0. The second-order valence-electron chi connectivity index (χ2n) is 5.49. The molecule has 0 unspecified atom stereocenters. The lowest BCUT2D eigenvalue weighted by atomic mass is 9.95. The van der Waals surface area contributed by atoms with Gasteiger partial charge in [0.05, 0.1) is 0 Å². The standard InChI is InChI=1S/C15H23ClN2/c1-12(2)10-15(18-8-6-17-7-9-18)13-4-3-5-14(16)11-13/h3-5,11-12,15,17H,6-10H2,1-2H3/t15-/m1/s1. The van der Waals surface area contributed by atoms with Crippen molar-refractivity contribution in [3.63, 3.8) is 0 Å². The van der Waals surface area contributed by atoms with Gasteiger partial charge >= 0.3 is 0 Å². The summed E-state index contributed by atoms with van der Waals surface area (Å²) in [6.07, 6.45) is 1.19. The largest absolute Gasteiger partial charge is 0.314 e. The zero-order valence-corrected chi connectivity index (χ0v) is 12.1. The number of nitrogens with zero attached hydrogens (tertiary/aromatic N) is 1. The van der Waals surface area contributed by atoms with Crippen LogP contribution in [-0.2, 0) is 0 Å². The summed E-state index contributed by atoms with van der Waals surface area (Å²) in [5, 5.41) is 4.26. The summed E-state index contributed by atoms with van der Waals surface area (Å²) in [6, 6.07) is 8.85. The molecule has 0 saturated carbocycles. The zero-order valence-electron chi connectivity index (χ0n) is 11.3. The summed E-state index contributed by atoms with van der Waals surface area (Å²) in [5.41, 5.74) is 1.36. The lowest BCUT2D eigenvalue weighted by Gasteiger charge is -2.36. The number of hydrogen-bond donors (Lipinski definition) is 1. The first kappa shape index (κ1) is 13.9. The maximum absolute atomic E-state index is 6.13. The normalized spacial score (nSPS) is 19.1. The quantitative estimate of drug-likeness (QED) is 0.899. The minimum atomic E-state index is 0.505. The predicted molar refractivity (Wildman–Crippen MR) is 78.1 cm³/mol. The van der Waals surface area contributed by atoms with Crippen LogP contribution in [0.3, 0.4) is 0 Å². The molecule has 3 heteroatoms. The van der Waals surface area contributed by atoms with Crippen LogP contribution in [0.1, 0.15) is 31.9 Å². The predicted octanol–water partition coefficient (Wildman–Crippen LogP) is 3.33. The summed E-state index contributed by atoms with van der Waals surface area (Å²) in [7, 11) is 0. The summed E-state index contributed by atoms with van der Waals surface area (Å²) >= 11 is 6.13. The number of rotatable bonds is 4. The average Bonchev–Trinajstić information content (AvgIpc) is 2.37. The van der Waals surface area contributed by atoms with E-state index in [0.717, 1.165) is 31.2 Å². The SMILES string of the molecule is CC(C)C[C@H](c1cccc(Cl)c1)N1CCNCC1. The molecule has 1 fully saturated rings. The molecule has 18 heavy (non-hydrogen) atoms. The molecule has 100 valence electrons. The van der Waals surface area contributed by atoms with Crippen LogP contribution in [-0.4, -0.2) is 31.1 Å². The number of halogens is 1. The van der Waals surface area contributed by atoms with Gasteiger partial charge in [0.2, 0.25) is 0 Å². The molecule has 0 aromatic heterocycles. The van der Waals surface area contributed by atoms with Crippen LogP contribution >= 0.6 is 11.6 Å². The lowest BCUT2D eigenvalue weighted by Crippen LogP contribution is -2.45. The van der Waals surface area contributed by atoms with E-state index in [1.54, 1.807) is 0 Å². The van der Waals surface area contributed by atoms with Crippen LogP contribution in [0, 0.1) is 5.92 Å². The Bertz CT molecular complexity index is 373. The van der Waals surface area contributed by atoms with Crippen molar-refractivity contribution in [3.8, 4) is 0 Å². The van der Waals surface area contributed by atoms with Gasteiger partial charge < -0.3 is 5.32 Å². The molecule has 1 aliphatic rings. The molecule has 0 spiro atoms. The van der Waals surface area contributed by atoms with Gasteiger partial charge in [0.25, 0.3) is 0 Å². The van der Waals surface area contributed by atoms with Gasteiger partial charge in [-0.2, -0.15) is 0 Å². The molecule has 1 aliphatic heterocycles. The van der Waals surface area contributed by atoms with E-state index in [1.807, 2.05) is 6.07 Å². The Morgan fingerprint density at radius 2 is 2.00 bits per heavy atom. The molecule has 1 atom stereocenters. The number of benzene rings is 1. The first-order valence-electron chi connectivity index (χ1n) is 6.87. The fourth-order valence-corrected chi connectivity index (χ4v) is 2.85. The molecule has 0 bridgehead atoms. The molecule has 0 radical (unpaired) electrons. The minimum Gasteiger partial charge on any atom is -0.314 e. The Morgan fingerprint density at radius 3 is 2.61 bits per heavy atom. The lowest BCUT2D eigenvalue weighted by molar-refractivity contribution is 0.154. The Balaban J connectivity index is 2.18. The van der Waals surface area contributed by atoms with Crippen LogP contribution in [0.5, 0.6) is 0 Å². The topological polar surface area (TPSA) is 15.3 Å². The van der Waals surface area contributed by atoms with E-state index < -0.39 is 0 Å². The van der Waals surface area contributed by atoms with Gasteiger partial charge in [0, 0.05) is 37.2 Å². The van der Waals surface area contributed by atoms with Gasteiger partial charge in [-0.25, -0.2) is 0 Å². The second kappa shape index (κ2) is 6.55. The van der Waals surface area contributed by atoms with E-state index >= 15 is 0 Å².